The molecule has 2 aromatic carbocycles. The van der Waals surface area contributed by atoms with Crippen LogP contribution < -0.4 is 15.5 Å². The molecule has 1 fully saturated rings. The summed E-state index contributed by atoms with van der Waals surface area (Å²) >= 11 is 0. The minimum atomic E-state index is -1.15. The first-order valence-corrected chi connectivity index (χ1v) is 8.54. The number of piperazine rings is 1. The Kier molecular flexibility index (Phi) is 5.66. The monoisotopic (exact) mass is 374 g/mol. The lowest BCUT2D eigenvalue weighted by Gasteiger charge is -2.34. The van der Waals surface area contributed by atoms with Gasteiger partial charge in [-0.05, 0) is 43.4 Å². The van der Waals surface area contributed by atoms with Crippen molar-refractivity contribution in [3.63, 3.8) is 0 Å². The number of hydrogen-bond acceptors (Lipinski definition) is 4. The van der Waals surface area contributed by atoms with Crippen LogP contribution in [-0.4, -0.2) is 49.9 Å². The molecule has 142 valence electrons. The zero-order valence-corrected chi connectivity index (χ0v) is 14.8. The van der Waals surface area contributed by atoms with E-state index in [2.05, 4.69) is 22.2 Å². The Morgan fingerprint density at radius 2 is 1.41 bits per heavy atom. The average molecular weight is 374 g/mol. The van der Waals surface area contributed by atoms with Crippen molar-refractivity contribution >= 4 is 28.9 Å². The van der Waals surface area contributed by atoms with E-state index >= 15 is 0 Å². The number of halogens is 2. The van der Waals surface area contributed by atoms with Crippen LogP contribution in [0.2, 0.25) is 0 Å². The topological polar surface area (TPSA) is 64.7 Å². The largest absolute Gasteiger partial charge is 0.369 e. The molecule has 6 nitrogen and oxygen atoms in total. The molecule has 2 N–H and O–H groups in total. The molecule has 0 saturated carbocycles. The van der Waals surface area contributed by atoms with Crippen molar-refractivity contribution in [3.8, 4) is 0 Å². The molecule has 0 bridgehead atoms. The van der Waals surface area contributed by atoms with Gasteiger partial charge in [0.1, 0.15) is 17.3 Å². The number of para-hydroxylation sites is 1. The van der Waals surface area contributed by atoms with Crippen molar-refractivity contribution in [1.82, 2.24) is 4.90 Å². The first kappa shape index (κ1) is 18.8. The summed E-state index contributed by atoms with van der Waals surface area (Å²) in [7, 11) is 2.08. The third-order valence-corrected chi connectivity index (χ3v) is 4.40. The zero-order chi connectivity index (χ0) is 19.4. The smallest absolute Gasteiger partial charge is 0.314 e. The van der Waals surface area contributed by atoms with E-state index in [1.54, 1.807) is 12.1 Å². The Morgan fingerprint density at radius 1 is 0.852 bits per heavy atom. The van der Waals surface area contributed by atoms with Gasteiger partial charge in [0.05, 0.1) is 0 Å². The predicted molar refractivity (Wildman–Crippen MR) is 99.8 cm³/mol. The maximum atomic E-state index is 13.6. The predicted octanol–water partition coefficient (Wildman–Crippen LogP) is 2.29. The standard InChI is InChI=1S/C19H20F2N4O2/c1-24-9-11-25(12-10-24)14-7-5-13(6-8-14)22-18(26)19(27)23-17-15(20)3-2-4-16(17)21/h2-8H,9-12H2,1H3,(H,22,26)(H,23,27). The molecule has 0 atom stereocenters. The second-order valence-corrected chi connectivity index (χ2v) is 6.34. The number of nitrogens with zero attached hydrogens (tertiary/aromatic N) is 2. The third-order valence-electron chi connectivity index (χ3n) is 4.40. The van der Waals surface area contributed by atoms with Crippen LogP contribution in [-0.2, 0) is 9.59 Å². The number of carbonyl (C=O) groups excluding carboxylic acids is 2. The Bertz CT molecular complexity index is 814. The van der Waals surface area contributed by atoms with Gasteiger partial charge in [0.15, 0.2) is 0 Å². The Hall–Kier alpha value is -3.00. The van der Waals surface area contributed by atoms with Crippen molar-refractivity contribution < 1.29 is 18.4 Å². The molecule has 1 heterocycles. The summed E-state index contributed by atoms with van der Waals surface area (Å²) in [5.41, 5.74) is 0.795. The molecule has 1 saturated heterocycles. The highest BCUT2D eigenvalue weighted by molar-refractivity contribution is 6.43. The molecule has 0 radical (unpaired) electrons. The summed E-state index contributed by atoms with van der Waals surface area (Å²) < 4.78 is 27.1. The molecule has 1 aliphatic heterocycles. The highest BCUT2D eigenvalue weighted by Crippen LogP contribution is 2.20. The fourth-order valence-electron chi connectivity index (χ4n) is 2.80. The average Bonchev–Trinajstić information content (AvgIpc) is 2.66. The molecule has 3 rings (SSSR count). The van der Waals surface area contributed by atoms with Gasteiger partial charge in [-0.1, -0.05) is 6.07 Å². The van der Waals surface area contributed by atoms with Crippen molar-refractivity contribution in [2.24, 2.45) is 0 Å². The van der Waals surface area contributed by atoms with Crippen molar-refractivity contribution in [3.05, 3.63) is 54.1 Å². The second kappa shape index (κ2) is 8.13. The summed E-state index contributed by atoms with van der Waals surface area (Å²) in [6.45, 7) is 3.79. The van der Waals surface area contributed by atoms with E-state index in [1.807, 2.05) is 17.4 Å². The Labute approximate surface area is 155 Å². The van der Waals surface area contributed by atoms with Gasteiger partial charge in [-0.25, -0.2) is 8.78 Å². The maximum Gasteiger partial charge on any atom is 0.314 e. The fraction of sp³-hybridized carbons (Fsp3) is 0.263. The molecule has 8 heteroatoms. The molecular weight excluding hydrogens is 354 g/mol. The molecule has 0 unspecified atom stereocenters. The number of amides is 2. The Balaban J connectivity index is 1.59. The number of carbonyl (C=O) groups is 2. The third kappa shape index (κ3) is 4.59. The van der Waals surface area contributed by atoms with Gasteiger partial charge >= 0.3 is 11.8 Å². The van der Waals surface area contributed by atoms with Gasteiger partial charge in [0, 0.05) is 37.6 Å². The van der Waals surface area contributed by atoms with Crippen LogP contribution in [0.15, 0.2) is 42.5 Å². The van der Waals surface area contributed by atoms with E-state index < -0.39 is 29.1 Å². The van der Waals surface area contributed by atoms with Gasteiger partial charge in [-0.3, -0.25) is 9.59 Å². The van der Waals surface area contributed by atoms with Crippen molar-refractivity contribution in [2.75, 3.05) is 48.8 Å². The van der Waals surface area contributed by atoms with E-state index in [0.717, 1.165) is 44.0 Å². The quantitative estimate of drug-likeness (QED) is 0.810. The summed E-state index contributed by atoms with van der Waals surface area (Å²) in [4.78, 5) is 28.4. The summed E-state index contributed by atoms with van der Waals surface area (Å²) in [6, 6.07) is 10.2. The van der Waals surface area contributed by atoms with Crippen LogP contribution in [0.3, 0.4) is 0 Å². The number of hydrogen-bond donors (Lipinski definition) is 2. The normalized spacial score (nSPS) is 14.7. The molecule has 1 aliphatic rings. The lowest BCUT2D eigenvalue weighted by atomic mass is 10.2. The lowest BCUT2D eigenvalue weighted by molar-refractivity contribution is -0.133. The van der Waals surface area contributed by atoms with Gasteiger partial charge in [0.25, 0.3) is 0 Å². The van der Waals surface area contributed by atoms with Crippen LogP contribution in [0.4, 0.5) is 25.8 Å². The van der Waals surface area contributed by atoms with Crippen molar-refractivity contribution in [2.45, 2.75) is 0 Å². The molecular formula is C19H20F2N4O2. The van der Waals surface area contributed by atoms with E-state index in [9.17, 15) is 18.4 Å². The highest BCUT2D eigenvalue weighted by Gasteiger charge is 2.19. The minimum absolute atomic E-state index is 0.419. The van der Waals surface area contributed by atoms with E-state index in [4.69, 9.17) is 0 Å². The van der Waals surface area contributed by atoms with Crippen LogP contribution in [0.5, 0.6) is 0 Å². The molecule has 2 aromatic rings. The van der Waals surface area contributed by atoms with E-state index in [0.29, 0.717) is 5.69 Å². The maximum absolute atomic E-state index is 13.6. The van der Waals surface area contributed by atoms with E-state index in [-0.39, 0.29) is 0 Å². The Morgan fingerprint density at radius 3 is 2.00 bits per heavy atom. The minimum Gasteiger partial charge on any atom is -0.369 e. The molecule has 27 heavy (non-hydrogen) atoms. The summed E-state index contributed by atoms with van der Waals surface area (Å²) in [6.07, 6.45) is 0. The first-order chi connectivity index (χ1) is 12.9. The van der Waals surface area contributed by atoms with E-state index in [1.165, 1.54) is 6.07 Å². The summed E-state index contributed by atoms with van der Waals surface area (Å²) in [5, 5.41) is 4.37. The van der Waals surface area contributed by atoms with Gasteiger partial charge in [-0.15, -0.1) is 0 Å². The number of rotatable bonds is 3. The highest BCUT2D eigenvalue weighted by atomic mass is 19.1. The van der Waals surface area contributed by atoms with Crippen LogP contribution in [0.25, 0.3) is 0 Å². The van der Waals surface area contributed by atoms with Gasteiger partial charge in [0.2, 0.25) is 0 Å². The SMILES string of the molecule is CN1CCN(c2ccc(NC(=O)C(=O)Nc3c(F)cccc3F)cc2)CC1. The second-order valence-electron chi connectivity index (χ2n) is 6.34. The first-order valence-electron chi connectivity index (χ1n) is 8.54. The van der Waals surface area contributed by atoms with Crippen molar-refractivity contribution in [1.29, 1.82) is 0 Å². The molecule has 2 amide bonds. The number of nitrogens with one attached hydrogen (secondary N) is 2. The van der Waals surface area contributed by atoms with Crippen LogP contribution in [0, 0.1) is 11.6 Å². The molecule has 0 aromatic heterocycles. The lowest BCUT2D eigenvalue weighted by Crippen LogP contribution is -2.44. The van der Waals surface area contributed by atoms with Crippen LogP contribution in [0.1, 0.15) is 0 Å². The number of likely N-dealkylation sites (N-methyl/N-ethyl adjacent to an activating group) is 1. The fourth-order valence-corrected chi connectivity index (χ4v) is 2.80. The van der Waals surface area contributed by atoms with Gasteiger partial charge in [-0.2, -0.15) is 0 Å². The summed E-state index contributed by atoms with van der Waals surface area (Å²) in [5.74, 6) is -4.06. The molecule has 0 spiro atoms. The van der Waals surface area contributed by atoms with Crippen LogP contribution >= 0.6 is 0 Å². The number of anilines is 3. The molecule has 0 aliphatic carbocycles. The zero-order valence-electron chi connectivity index (χ0n) is 14.8. The number of benzene rings is 2. The van der Waals surface area contributed by atoms with Gasteiger partial charge < -0.3 is 20.4 Å².